The van der Waals surface area contributed by atoms with Crippen LogP contribution >= 0.6 is 0 Å². The Hall–Kier alpha value is -4.40. The van der Waals surface area contributed by atoms with Gasteiger partial charge in [-0.05, 0) is 37.3 Å². The van der Waals surface area contributed by atoms with E-state index in [1.807, 2.05) is 18.2 Å². The van der Waals surface area contributed by atoms with E-state index in [1.165, 1.54) is 17.1 Å². The predicted molar refractivity (Wildman–Crippen MR) is 120 cm³/mol. The van der Waals surface area contributed by atoms with Gasteiger partial charge in [-0.25, -0.2) is 0 Å². The Kier molecular flexibility index (Phi) is 5.71. The fraction of sp³-hybridized carbons (Fsp3) is 0.130. The normalized spacial score (nSPS) is 10.7. The number of carbonyl (C=O) groups excluding carboxylic acids is 3. The van der Waals surface area contributed by atoms with Crippen molar-refractivity contribution >= 4 is 39.9 Å². The van der Waals surface area contributed by atoms with Crippen molar-refractivity contribution in [2.24, 2.45) is 0 Å². The van der Waals surface area contributed by atoms with E-state index in [1.54, 1.807) is 44.4 Å². The summed E-state index contributed by atoms with van der Waals surface area (Å²) >= 11 is 0. The van der Waals surface area contributed by atoms with Crippen molar-refractivity contribution in [2.45, 2.75) is 13.5 Å². The van der Waals surface area contributed by atoms with Crippen molar-refractivity contribution in [3.63, 3.8) is 0 Å². The number of nitrogens with one attached hydrogen (secondary N) is 3. The summed E-state index contributed by atoms with van der Waals surface area (Å²) in [5.41, 5.74) is 2.69. The standard InChI is InChI=1S/C23H21N5O4/c1-14-21(18-5-3-4-6-19(18)25-14)22(30)23(31)27-16-11-24-28(12-16)13-20(29)26-15-7-9-17(32-2)10-8-15/h3-12,25H,13H2,1-2H3,(H,26,29)(H,27,31). The molecule has 3 N–H and O–H groups in total. The smallest absolute Gasteiger partial charge is 0.296 e. The average molecular weight is 431 g/mol. The van der Waals surface area contributed by atoms with E-state index in [4.69, 9.17) is 4.74 Å². The second-order valence-electron chi connectivity index (χ2n) is 7.16. The van der Waals surface area contributed by atoms with E-state index in [-0.39, 0.29) is 12.5 Å². The minimum absolute atomic E-state index is 0.0581. The largest absolute Gasteiger partial charge is 0.497 e. The summed E-state index contributed by atoms with van der Waals surface area (Å²) in [6, 6.07) is 14.2. The number of fused-ring (bicyclic) bond motifs is 1. The molecule has 0 radical (unpaired) electrons. The van der Waals surface area contributed by atoms with Crippen LogP contribution in [0.3, 0.4) is 0 Å². The maximum atomic E-state index is 12.7. The van der Waals surface area contributed by atoms with Crippen LogP contribution in [0.2, 0.25) is 0 Å². The lowest BCUT2D eigenvalue weighted by Crippen LogP contribution is -2.23. The van der Waals surface area contributed by atoms with Gasteiger partial charge in [0.1, 0.15) is 12.3 Å². The Balaban J connectivity index is 1.39. The SMILES string of the molecule is COc1ccc(NC(=O)Cn2cc(NC(=O)C(=O)c3c(C)[nH]c4ccccc34)cn2)cc1. The summed E-state index contributed by atoms with van der Waals surface area (Å²) in [5.74, 6) is -1.03. The van der Waals surface area contributed by atoms with Crippen LogP contribution in [0.1, 0.15) is 16.1 Å². The number of hydrogen-bond acceptors (Lipinski definition) is 5. The molecule has 2 heterocycles. The predicted octanol–water partition coefficient (Wildman–Crippen LogP) is 3.14. The first-order chi connectivity index (χ1) is 15.4. The van der Waals surface area contributed by atoms with Gasteiger partial charge in [-0.2, -0.15) is 5.10 Å². The number of Topliss-reactive ketones (excluding diaryl/α,β-unsaturated/α-hetero) is 1. The first-order valence-electron chi connectivity index (χ1n) is 9.84. The van der Waals surface area contributed by atoms with Crippen LogP contribution in [0.25, 0.3) is 10.9 Å². The van der Waals surface area contributed by atoms with Gasteiger partial charge in [0.2, 0.25) is 5.91 Å². The molecule has 4 aromatic rings. The Morgan fingerprint density at radius 2 is 1.78 bits per heavy atom. The summed E-state index contributed by atoms with van der Waals surface area (Å²) in [7, 11) is 1.57. The van der Waals surface area contributed by atoms with E-state index in [0.29, 0.717) is 33.8 Å². The number of ketones is 1. The van der Waals surface area contributed by atoms with Crippen molar-refractivity contribution in [1.29, 1.82) is 0 Å². The number of methoxy groups -OCH3 is 1. The summed E-state index contributed by atoms with van der Waals surface area (Å²) in [6.45, 7) is 1.69. The van der Waals surface area contributed by atoms with Gasteiger partial charge in [0.25, 0.3) is 11.7 Å². The third-order valence-electron chi connectivity index (χ3n) is 4.90. The van der Waals surface area contributed by atoms with Crippen molar-refractivity contribution < 1.29 is 19.1 Å². The molecule has 0 fully saturated rings. The van der Waals surface area contributed by atoms with Crippen LogP contribution in [-0.2, 0) is 16.1 Å². The van der Waals surface area contributed by atoms with Crippen LogP contribution in [0, 0.1) is 6.92 Å². The second-order valence-corrected chi connectivity index (χ2v) is 7.16. The monoisotopic (exact) mass is 431 g/mol. The highest BCUT2D eigenvalue weighted by Gasteiger charge is 2.23. The molecule has 0 aliphatic heterocycles. The first kappa shape index (κ1) is 20.9. The maximum Gasteiger partial charge on any atom is 0.296 e. The van der Waals surface area contributed by atoms with E-state index in [9.17, 15) is 14.4 Å². The zero-order chi connectivity index (χ0) is 22.7. The lowest BCUT2D eigenvalue weighted by atomic mass is 10.1. The maximum absolute atomic E-state index is 12.7. The molecule has 0 aliphatic carbocycles. The molecule has 9 heteroatoms. The Morgan fingerprint density at radius 1 is 1.03 bits per heavy atom. The van der Waals surface area contributed by atoms with Gasteiger partial charge in [-0.3, -0.25) is 19.1 Å². The third-order valence-corrected chi connectivity index (χ3v) is 4.90. The van der Waals surface area contributed by atoms with E-state index >= 15 is 0 Å². The fourth-order valence-corrected chi connectivity index (χ4v) is 3.41. The minimum atomic E-state index is -0.778. The Morgan fingerprint density at radius 3 is 2.53 bits per heavy atom. The summed E-state index contributed by atoms with van der Waals surface area (Å²) in [5, 5.41) is 10.1. The minimum Gasteiger partial charge on any atom is -0.497 e. The molecule has 0 bridgehead atoms. The van der Waals surface area contributed by atoms with E-state index < -0.39 is 11.7 Å². The number of carbonyl (C=O) groups is 3. The number of aromatic amines is 1. The number of ether oxygens (including phenoxy) is 1. The van der Waals surface area contributed by atoms with E-state index in [2.05, 4.69) is 20.7 Å². The molecule has 2 amide bonds. The molecule has 0 unspecified atom stereocenters. The van der Waals surface area contributed by atoms with Crippen molar-refractivity contribution in [3.8, 4) is 5.75 Å². The molecule has 0 aliphatic rings. The number of amides is 2. The van der Waals surface area contributed by atoms with Crippen molar-refractivity contribution in [2.75, 3.05) is 17.7 Å². The zero-order valence-corrected chi connectivity index (χ0v) is 17.5. The highest BCUT2D eigenvalue weighted by atomic mass is 16.5. The number of hydrogen-bond donors (Lipinski definition) is 3. The summed E-state index contributed by atoms with van der Waals surface area (Å²) < 4.78 is 6.46. The van der Waals surface area contributed by atoms with Crippen LogP contribution in [-0.4, -0.2) is 39.5 Å². The molecule has 0 atom stereocenters. The number of para-hydroxylation sites is 1. The van der Waals surface area contributed by atoms with Crippen LogP contribution < -0.4 is 15.4 Å². The molecule has 2 aromatic carbocycles. The van der Waals surface area contributed by atoms with Gasteiger partial charge in [0.05, 0.1) is 24.6 Å². The highest BCUT2D eigenvalue weighted by Crippen LogP contribution is 2.23. The first-order valence-corrected chi connectivity index (χ1v) is 9.84. The Labute approximate surface area is 183 Å². The van der Waals surface area contributed by atoms with Crippen LogP contribution in [0.4, 0.5) is 11.4 Å². The number of anilines is 2. The van der Waals surface area contributed by atoms with Gasteiger partial charge in [-0.15, -0.1) is 0 Å². The lowest BCUT2D eigenvalue weighted by Gasteiger charge is -2.06. The van der Waals surface area contributed by atoms with Crippen molar-refractivity contribution in [1.82, 2.24) is 14.8 Å². The number of H-pyrrole nitrogens is 1. The van der Waals surface area contributed by atoms with Crippen molar-refractivity contribution in [3.05, 3.63) is 72.2 Å². The van der Waals surface area contributed by atoms with Gasteiger partial charge in [0.15, 0.2) is 0 Å². The quantitative estimate of drug-likeness (QED) is 0.307. The highest BCUT2D eigenvalue weighted by molar-refractivity contribution is 6.48. The van der Waals surface area contributed by atoms with E-state index in [0.717, 1.165) is 5.52 Å². The zero-order valence-electron chi connectivity index (χ0n) is 17.5. The molecule has 32 heavy (non-hydrogen) atoms. The number of aromatic nitrogens is 3. The van der Waals surface area contributed by atoms with Gasteiger partial charge in [-0.1, -0.05) is 18.2 Å². The molecular formula is C23H21N5O4. The molecule has 162 valence electrons. The fourth-order valence-electron chi connectivity index (χ4n) is 3.41. The average Bonchev–Trinajstić information content (AvgIpc) is 3.36. The lowest BCUT2D eigenvalue weighted by molar-refractivity contribution is -0.117. The number of aryl methyl sites for hydroxylation is 1. The molecule has 4 rings (SSSR count). The topological polar surface area (TPSA) is 118 Å². The second kappa shape index (κ2) is 8.76. The third kappa shape index (κ3) is 4.36. The number of benzene rings is 2. The molecule has 0 spiro atoms. The van der Waals surface area contributed by atoms with Gasteiger partial charge < -0.3 is 20.4 Å². The summed E-state index contributed by atoms with van der Waals surface area (Å²) in [6.07, 6.45) is 2.87. The molecule has 0 saturated carbocycles. The molecule has 2 aromatic heterocycles. The van der Waals surface area contributed by atoms with Gasteiger partial charge in [0, 0.05) is 28.5 Å². The van der Waals surface area contributed by atoms with Crippen LogP contribution in [0.15, 0.2) is 60.9 Å². The Bertz CT molecular complexity index is 1300. The molecule has 9 nitrogen and oxygen atoms in total. The van der Waals surface area contributed by atoms with Gasteiger partial charge >= 0.3 is 0 Å². The molecule has 0 saturated heterocycles. The molecular weight excluding hydrogens is 410 g/mol. The number of nitrogens with zero attached hydrogens (tertiary/aromatic N) is 2. The summed E-state index contributed by atoms with van der Waals surface area (Å²) in [4.78, 5) is 40.6. The number of rotatable bonds is 7. The van der Waals surface area contributed by atoms with Crippen LogP contribution in [0.5, 0.6) is 5.75 Å².